The van der Waals surface area contributed by atoms with E-state index in [1.54, 1.807) is 7.11 Å². The average Bonchev–Trinajstić information content (AvgIpc) is 3.23. The first kappa shape index (κ1) is 20.5. The molecule has 0 spiro atoms. The number of rotatable bonds is 6. The minimum absolute atomic E-state index is 0.0212. The number of aryl methyl sites for hydroxylation is 2. The SMILES string of the molecule is COCCN1C(=S)N[C@@H](c2ccccn2)[C@H]1c1cc(C)n(-c2ccc(C)cn2)c1C. The molecule has 0 radical (unpaired) electrons. The van der Waals surface area contributed by atoms with Crippen molar-refractivity contribution in [1.82, 2.24) is 24.8 Å². The Kier molecular flexibility index (Phi) is 5.83. The Morgan fingerprint density at radius 1 is 1.13 bits per heavy atom. The van der Waals surface area contributed by atoms with Gasteiger partial charge in [-0.2, -0.15) is 0 Å². The third-order valence-electron chi connectivity index (χ3n) is 5.65. The van der Waals surface area contributed by atoms with Crippen LogP contribution in [0.3, 0.4) is 0 Å². The Bertz CT molecular complexity index is 1030. The number of aromatic nitrogens is 3. The van der Waals surface area contributed by atoms with Gasteiger partial charge in [-0.25, -0.2) is 4.98 Å². The lowest BCUT2D eigenvalue weighted by Gasteiger charge is -2.28. The van der Waals surface area contributed by atoms with Crippen LogP contribution in [0.5, 0.6) is 0 Å². The summed E-state index contributed by atoms with van der Waals surface area (Å²) in [5.74, 6) is 0.924. The molecule has 156 valence electrons. The summed E-state index contributed by atoms with van der Waals surface area (Å²) in [5, 5.41) is 4.22. The monoisotopic (exact) mass is 421 g/mol. The van der Waals surface area contributed by atoms with Gasteiger partial charge in [0.1, 0.15) is 5.82 Å². The van der Waals surface area contributed by atoms with Crippen LogP contribution in [0.4, 0.5) is 0 Å². The predicted octanol–water partition coefficient (Wildman–Crippen LogP) is 3.81. The van der Waals surface area contributed by atoms with Gasteiger partial charge in [-0.05, 0) is 68.4 Å². The van der Waals surface area contributed by atoms with E-state index >= 15 is 0 Å². The number of nitrogens with one attached hydrogen (secondary N) is 1. The van der Waals surface area contributed by atoms with Crippen LogP contribution in [0.25, 0.3) is 5.82 Å². The van der Waals surface area contributed by atoms with E-state index in [1.807, 2.05) is 37.5 Å². The molecule has 0 saturated carbocycles. The fourth-order valence-electron chi connectivity index (χ4n) is 4.21. The summed E-state index contributed by atoms with van der Waals surface area (Å²) in [5.41, 5.74) is 5.64. The zero-order chi connectivity index (χ0) is 21.3. The van der Waals surface area contributed by atoms with Crippen LogP contribution in [0.2, 0.25) is 0 Å². The third kappa shape index (κ3) is 3.70. The van der Waals surface area contributed by atoms with E-state index < -0.39 is 0 Å². The fraction of sp³-hybridized carbons (Fsp3) is 0.348. The van der Waals surface area contributed by atoms with Gasteiger partial charge in [0.15, 0.2) is 5.11 Å². The molecule has 4 rings (SSSR count). The molecule has 1 aliphatic rings. The van der Waals surface area contributed by atoms with Gasteiger partial charge >= 0.3 is 0 Å². The molecule has 3 aromatic rings. The maximum atomic E-state index is 5.71. The quantitative estimate of drug-likeness (QED) is 0.611. The van der Waals surface area contributed by atoms with Crippen LogP contribution >= 0.6 is 12.2 Å². The lowest BCUT2D eigenvalue weighted by molar-refractivity contribution is 0.164. The molecule has 3 aromatic heterocycles. The molecule has 1 fully saturated rings. The van der Waals surface area contributed by atoms with Gasteiger partial charge < -0.3 is 19.5 Å². The topological polar surface area (TPSA) is 55.2 Å². The van der Waals surface area contributed by atoms with Crippen molar-refractivity contribution in [2.24, 2.45) is 0 Å². The summed E-state index contributed by atoms with van der Waals surface area (Å²) in [6.07, 6.45) is 3.73. The largest absolute Gasteiger partial charge is 0.383 e. The van der Waals surface area contributed by atoms with Crippen molar-refractivity contribution in [3.05, 3.63) is 77.0 Å². The maximum absolute atomic E-state index is 5.71. The molecule has 0 aliphatic carbocycles. The Morgan fingerprint density at radius 2 is 1.97 bits per heavy atom. The number of hydrogen-bond donors (Lipinski definition) is 1. The summed E-state index contributed by atoms with van der Waals surface area (Å²) in [6.45, 7) is 7.63. The second kappa shape index (κ2) is 8.53. The molecule has 2 atom stereocenters. The first-order valence-electron chi connectivity index (χ1n) is 10.1. The van der Waals surface area contributed by atoms with Crippen LogP contribution in [0.15, 0.2) is 48.8 Å². The highest BCUT2D eigenvalue weighted by atomic mass is 32.1. The van der Waals surface area contributed by atoms with Gasteiger partial charge in [0, 0.05) is 37.4 Å². The van der Waals surface area contributed by atoms with Crippen LogP contribution in [-0.2, 0) is 4.74 Å². The lowest BCUT2D eigenvalue weighted by atomic mass is 9.97. The third-order valence-corrected chi connectivity index (χ3v) is 6.00. The van der Waals surface area contributed by atoms with E-state index in [-0.39, 0.29) is 12.1 Å². The molecule has 0 aromatic carbocycles. The zero-order valence-corrected chi connectivity index (χ0v) is 18.6. The summed E-state index contributed by atoms with van der Waals surface area (Å²) in [4.78, 5) is 11.5. The summed E-state index contributed by atoms with van der Waals surface area (Å²) in [7, 11) is 1.72. The van der Waals surface area contributed by atoms with Gasteiger partial charge in [-0.1, -0.05) is 12.1 Å². The number of ether oxygens (including phenoxy) is 1. The maximum Gasteiger partial charge on any atom is 0.170 e. The molecule has 6 nitrogen and oxygen atoms in total. The van der Waals surface area contributed by atoms with Crippen molar-refractivity contribution in [1.29, 1.82) is 0 Å². The smallest absolute Gasteiger partial charge is 0.170 e. The van der Waals surface area contributed by atoms with Crippen molar-refractivity contribution in [3.63, 3.8) is 0 Å². The highest BCUT2D eigenvalue weighted by molar-refractivity contribution is 7.80. The van der Waals surface area contributed by atoms with Crippen molar-refractivity contribution in [3.8, 4) is 5.82 Å². The predicted molar refractivity (Wildman–Crippen MR) is 122 cm³/mol. The molecule has 0 bridgehead atoms. The van der Waals surface area contributed by atoms with E-state index in [2.05, 4.69) is 56.8 Å². The highest BCUT2D eigenvalue weighted by Gasteiger charge is 2.41. The Labute approximate surface area is 182 Å². The number of methoxy groups -OCH3 is 1. The van der Waals surface area contributed by atoms with Gasteiger partial charge in [0.25, 0.3) is 0 Å². The van der Waals surface area contributed by atoms with Gasteiger partial charge in [-0.15, -0.1) is 0 Å². The van der Waals surface area contributed by atoms with E-state index in [4.69, 9.17) is 17.0 Å². The summed E-state index contributed by atoms with van der Waals surface area (Å²) in [6, 6.07) is 12.4. The van der Waals surface area contributed by atoms with E-state index in [0.29, 0.717) is 13.2 Å². The molecule has 7 heteroatoms. The number of thiocarbonyl (C=S) groups is 1. The molecular weight excluding hydrogens is 394 g/mol. The molecule has 30 heavy (non-hydrogen) atoms. The second-order valence-electron chi connectivity index (χ2n) is 7.67. The van der Waals surface area contributed by atoms with Crippen molar-refractivity contribution < 1.29 is 4.74 Å². The van der Waals surface area contributed by atoms with Gasteiger partial charge in [0.2, 0.25) is 0 Å². The molecule has 0 amide bonds. The zero-order valence-electron chi connectivity index (χ0n) is 17.8. The van der Waals surface area contributed by atoms with Crippen molar-refractivity contribution >= 4 is 17.3 Å². The Morgan fingerprint density at radius 3 is 2.63 bits per heavy atom. The molecule has 1 N–H and O–H groups in total. The van der Waals surface area contributed by atoms with Gasteiger partial charge in [0.05, 0.1) is 24.4 Å². The fourth-order valence-corrected chi connectivity index (χ4v) is 4.54. The number of nitrogens with zero attached hydrogens (tertiary/aromatic N) is 4. The molecule has 1 saturated heterocycles. The molecule has 1 aliphatic heterocycles. The molecular formula is C23H27N5OS. The highest BCUT2D eigenvalue weighted by Crippen LogP contribution is 2.41. The first-order chi connectivity index (χ1) is 14.5. The van der Waals surface area contributed by atoms with Crippen molar-refractivity contribution in [2.75, 3.05) is 20.3 Å². The standard InChI is InChI=1S/C23H27N5OS/c1-15-8-9-20(25-14-15)28-16(2)13-18(17(28)3)22-21(19-7-5-6-10-24-19)26-23(30)27(22)11-12-29-4/h5-10,13-14,21-22H,11-12H2,1-4H3,(H,26,30)/t21-,22+/m0/s1. The minimum Gasteiger partial charge on any atom is -0.383 e. The lowest BCUT2D eigenvalue weighted by Crippen LogP contribution is -2.32. The van der Waals surface area contributed by atoms with Gasteiger partial charge in [-0.3, -0.25) is 4.98 Å². The molecule has 0 unspecified atom stereocenters. The average molecular weight is 422 g/mol. The second-order valence-corrected chi connectivity index (χ2v) is 8.06. The normalized spacial score (nSPS) is 18.7. The Hall–Kier alpha value is -2.77. The number of hydrogen-bond acceptors (Lipinski definition) is 4. The summed E-state index contributed by atoms with van der Waals surface area (Å²) >= 11 is 5.71. The number of pyridine rings is 2. The van der Waals surface area contributed by atoms with Crippen molar-refractivity contribution in [2.45, 2.75) is 32.9 Å². The van der Waals surface area contributed by atoms with Crippen LogP contribution in [-0.4, -0.2) is 44.8 Å². The summed E-state index contributed by atoms with van der Waals surface area (Å²) < 4.78 is 7.57. The van der Waals surface area contributed by atoms with Crippen LogP contribution in [0.1, 0.15) is 40.3 Å². The Balaban J connectivity index is 1.81. The van der Waals surface area contributed by atoms with Crippen LogP contribution < -0.4 is 5.32 Å². The minimum atomic E-state index is -0.0320. The first-order valence-corrected chi connectivity index (χ1v) is 10.5. The van der Waals surface area contributed by atoms with E-state index in [1.165, 1.54) is 5.56 Å². The molecule has 4 heterocycles. The van der Waals surface area contributed by atoms with E-state index in [0.717, 1.165) is 33.6 Å². The van der Waals surface area contributed by atoms with E-state index in [9.17, 15) is 0 Å². The van der Waals surface area contributed by atoms with Crippen LogP contribution in [0, 0.1) is 20.8 Å².